The minimum atomic E-state index is -0.557. The molecule has 0 fully saturated rings. The van der Waals surface area contributed by atoms with Gasteiger partial charge in [-0.1, -0.05) is 18.2 Å². The van der Waals surface area contributed by atoms with Crippen LogP contribution in [0.3, 0.4) is 0 Å². The number of nitrogens with zero attached hydrogens (tertiary/aromatic N) is 2. The summed E-state index contributed by atoms with van der Waals surface area (Å²) >= 11 is 0. The number of hydrogen-bond donors (Lipinski definition) is 1. The molecule has 2 N–H and O–H groups in total. The van der Waals surface area contributed by atoms with E-state index in [9.17, 15) is 4.79 Å². The average molecular weight is 243 g/mol. The zero-order valence-corrected chi connectivity index (χ0v) is 9.96. The van der Waals surface area contributed by atoms with Gasteiger partial charge in [0.25, 0.3) is 5.91 Å². The van der Waals surface area contributed by atoms with Crippen molar-refractivity contribution in [3.8, 4) is 5.75 Å². The predicted octanol–water partition coefficient (Wildman–Crippen LogP) is 1.17. The molecule has 0 bridgehead atoms. The van der Waals surface area contributed by atoms with Crippen LogP contribution in [-0.4, -0.2) is 23.0 Å². The lowest BCUT2D eigenvalue weighted by molar-refractivity contribution is 0.0995. The topological polar surface area (TPSA) is 78.1 Å². The van der Waals surface area contributed by atoms with Gasteiger partial charge in [-0.2, -0.15) is 0 Å². The summed E-state index contributed by atoms with van der Waals surface area (Å²) in [7, 11) is 1.61. The molecule has 18 heavy (non-hydrogen) atoms. The number of amides is 1. The first-order valence-electron chi connectivity index (χ1n) is 5.44. The number of primary amides is 1. The van der Waals surface area contributed by atoms with Crippen LogP contribution in [0.15, 0.2) is 36.5 Å². The molecule has 5 heteroatoms. The Balaban J connectivity index is 2.28. The number of para-hydroxylation sites is 1. The van der Waals surface area contributed by atoms with Crippen molar-refractivity contribution in [2.24, 2.45) is 5.73 Å². The summed E-state index contributed by atoms with van der Waals surface area (Å²) in [5, 5.41) is 0. The van der Waals surface area contributed by atoms with E-state index in [1.54, 1.807) is 7.11 Å². The zero-order chi connectivity index (χ0) is 13.0. The second kappa shape index (κ2) is 5.27. The van der Waals surface area contributed by atoms with Crippen molar-refractivity contribution in [3.63, 3.8) is 0 Å². The molecule has 2 aromatic rings. The normalized spacial score (nSPS) is 10.1. The fourth-order valence-corrected chi connectivity index (χ4v) is 1.64. The van der Waals surface area contributed by atoms with Gasteiger partial charge in [0, 0.05) is 18.2 Å². The smallest absolute Gasteiger partial charge is 0.267 e. The van der Waals surface area contributed by atoms with Gasteiger partial charge in [-0.15, -0.1) is 0 Å². The molecule has 0 saturated heterocycles. The molecule has 2 rings (SSSR count). The molecule has 0 saturated carbocycles. The number of methoxy groups -OCH3 is 1. The maximum absolute atomic E-state index is 11.0. The molecule has 1 aromatic carbocycles. The molecular formula is C13H13N3O2. The Morgan fingerprint density at radius 3 is 2.83 bits per heavy atom. The Morgan fingerprint density at radius 2 is 2.11 bits per heavy atom. The molecule has 1 aromatic heterocycles. The van der Waals surface area contributed by atoms with E-state index in [1.165, 1.54) is 12.3 Å². The minimum absolute atomic E-state index is 0.217. The fraction of sp³-hybridized carbons (Fsp3) is 0.154. The molecule has 0 radical (unpaired) electrons. The number of aromatic nitrogens is 2. The summed E-state index contributed by atoms with van der Waals surface area (Å²) in [6, 6.07) is 9.10. The highest BCUT2D eigenvalue weighted by atomic mass is 16.5. The average Bonchev–Trinajstić information content (AvgIpc) is 2.39. The molecule has 5 nitrogen and oxygen atoms in total. The van der Waals surface area contributed by atoms with Gasteiger partial charge in [-0.3, -0.25) is 4.79 Å². The number of benzene rings is 1. The van der Waals surface area contributed by atoms with Crippen LogP contribution in [0.4, 0.5) is 0 Å². The minimum Gasteiger partial charge on any atom is -0.496 e. The van der Waals surface area contributed by atoms with Crippen molar-refractivity contribution >= 4 is 5.91 Å². The molecule has 1 amide bonds. The predicted molar refractivity (Wildman–Crippen MR) is 66.3 cm³/mol. The highest BCUT2D eigenvalue weighted by Gasteiger charge is 2.08. The van der Waals surface area contributed by atoms with Gasteiger partial charge in [-0.05, 0) is 12.1 Å². The van der Waals surface area contributed by atoms with Crippen molar-refractivity contribution < 1.29 is 9.53 Å². The standard InChI is InChI=1S/C13H13N3O2/c1-18-11-5-3-2-4-9(11)8-12-15-7-6-10(16-12)13(14)17/h2-7H,8H2,1H3,(H2,14,17). The van der Waals surface area contributed by atoms with E-state index in [4.69, 9.17) is 10.5 Å². The molecule has 0 aliphatic carbocycles. The van der Waals surface area contributed by atoms with Gasteiger partial charge in [0.2, 0.25) is 0 Å². The van der Waals surface area contributed by atoms with Crippen LogP contribution >= 0.6 is 0 Å². The number of rotatable bonds is 4. The molecule has 92 valence electrons. The molecule has 0 atom stereocenters. The summed E-state index contributed by atoms with van der Waals surface area (Å²) in [4.78, 5) is 19.3. The van der Waals surface area contributed by atoms with Crippen LogP contribution < -0.4 is 10.5 Å². The third-order valence-corrected chi connectivity index (χ3v) is 2.50. The monoisotopic (exact) mass is 243 g/mol. The van der Waals surface area contributed by atoms with E-state index >= 15 is 0 Å². The van der Waals surface area contributed by atoms with Crippen LogP contribution in [0.1, 0.15) is 21.9 Å². The van der Waals surface area contributed by atoms with Gasteiger partial charge < -0.3 is 10.5 Å². The van der Waals surface area contributed by atoms with Crippen LogP contribution in [-0.2, 0) is 6.42 Å². The van der Waals surface area contributed by atoms with E-state index in [0.717, 1.165) is 11.3 Å². The quantitative estimate of drug-likeness (QED) is 0.874. The van der Waals surface area contributed by atoms with Gasteiger partial charge >= 0.3 is 0 Å². The van der Waals surface area contributed by atoms with Crippen LogP contribution in [0.5, 0.6) is 5.75 Å². The largest absolute Gasteiger partial charge is 0.496 e. The lowest BCUT2D eigenvalue weighted by atomic mass is 10.1. The van der Waals surface area contributed by atoms with Gasteiger partial charge in [0.05, 0.1) is 7.11 Å². The second-order valence-corrected chi connectivity index (χ2v) is 3.71. The number of hydrogen-bond acceptors (Lipinski definition) is 4. The van der Waals surface area contributed by atoms with E-state index in [1.807, 2.05) is 24.3 Å². The van der Waals surface area contributed by atoms with Crippen molar-refractivity contribution in [1.82, 2.24) is 9.97 Å². The summed E-state index contributed by atoms with van der Waals surface area (Å²) < 4.78 is 5.25. The molecule has 0 unspecified atom stereocenters. The van der Waals surface area contributed by atoms with Crippen LogP contribution in [0, 0.1) is 0 Å². The Labute approximate surface area is 105 Å². The highest BCUT2D eigenvalue weighted by molar-refractivity contribution is 5.90. The molecule has 0 aliphatic rings. The van der Waals surface area contributed by atoms with Crippen molar-refractivity contribution in [2.45, 2.75) is 6.42 Å². The summed E-state index contributed by atoms with van der Waals surface area (Å²) in [6.07, 6.45) is 2.02. The lowest BCUT2D eigenvalue weighted by Gasteiger charge is -2.07. The van der Waals surface area contributed by atoms with Crippen molar-refractivity contribution in [2.75, 3.05) is 7.11 Å². The summed E-state index contributed by atoms with van der Waals surface area (Å²) in [5.41, 5.74) is 6.36. The first-order valence-corrected chi connectivity index (χ1v) is 5.44. The number of carbonyl (C=O) groups excluding carboxylic acids is 1. The lowest BCUT2D eigenvalue weighted by Crippen LogP contribution is -2.14. The van der Waals surface area contributed by atoms with E-state index < -0.39 is 5.91 Å². The fourth-order valence-electron chi connectivity index (χ4n) is 1.64. The zero-order valence-electron chi connectivity index (χ0n) is 9.96. The molecule has 1 heterocycles. The van der Waals surface area contributed by atoms with E-state index in [0.29, 0.717) is 12.2 Å². The van der Waals surface area contributed by atoms with Crippen molar-refractivity contribution in [3.05, 3.63) is 53.6 Å². The Kier molecular flexibility index (Phi) is 3.52. The van der Waals surface area contributed by atoms with Gasteiger partial charge in [0.15, 0.2) is 0 Å². The van der Waals surface area contributed by atoms with Crippen molar-refractivity contribution in [1.29, 1.82) is 0 Å². The maximum Gasteiger partial charge on any atom is 0.267 e. The molecular weight excluding hydrogens is 230 g/mol. The Morgan fingerprint density at radius 1 is 1.33 bits per heavy atom. The number of carbonyl (C=O) groups is 1. The summed E-state index contributed by atoms with van der Waals surface area (Å²) in [6.45, 7) is 0. The van der Waals surface area contributed by atoms with Crippen LogP contribution in [0.25, 0.3) is 0 Å². The number of ether oxygens (including phenoxy) is 1. The van der Waals surface area contributed by atoms with E-state index in [-0.39, 0.29) is 5.69 Å². The van der Waals surface area contributed by atoms with Gasteiger partial charge in [-0.25, -0.2) is 9.97 Å². The SMILES string of the molecule is COc1ccccc1Cc1nccc(C(N)=O)n1. The first kappa shape index (κ1) is 12.0. The summed E-state index contributed by atoms with van der Waals surface area (Å²) in [5.74, 6) is 0.750. The van der Waals surface area contributed by atoms with Gasteiger partial charge in [0.1, 0.15) is 17.3 Å². The maximum atomic E-state index is 11.0. The second-order valence-electron chi connectivity index (χ2n) is 3.71. The van der Waals surface area contributed by atoms with Crippen LogP contribution in [0.2, 0.25) is 0 Å². The third kappa shape index (κ3) is 2.63. The Bertz CT molecular complexity index is 570. The molecule has 0 spiro atoms. The van der Waals surface area contributed by atoms with E-state index in [2.05, 4.69) is 9.97 Å². The first-order chi connectivity index (χ1) is 8.70. The Hall–Kier alpha value is -2.43. The third-order valence-electron chi connectivity index (χ3n) is 2.50. The number of nitrogens with two attached hydrogens (primary N) is 1. The molecule has 0 aliphatic heterocycles. The highest BCUT2D eigenvalue weighted by Crippen LogP contribution is 2.19.